The second kappa shape index (κ2) is 13.0. The third-order valence-corrected chi connectivity index (χ3v) is 12.5. The number of nitrogens with zero attached hydrogens (tertiary/aromatic N) is 4. The fourth-order valence-electron chi connectivity index (χ4n) is 10.0. The lowest BCUT2D eigenvalue weighted by molar-refractivity contribution is 0.668. The maximum atomic E-state index is 6.52. The molecule has 2 aliphatic heterocycles. The third kappa shape index (κ3) is 4.95. The number of rotatable bonds is 5. The molecular formula is C54H35BN4O2. The predicted molar refractivity (Wildman–Crippen MR) is 252 cm³/mol. The number of para-hydroxylation sites is 5. The van der Waals surface area contributed by atoms with Crippen LogP contribution in [-0.4, -0.2) is 11.7 Å². The molecule has 8 aromatic carbocycles. The van der Waals surface area contributed by atoms with Crippen molar-refractivity contribution in [2.45, 2.75) is 6.92 Å². The molecule has 0 fully saturated rings. The number of aromatic nitrogens is 1. The van der Waals surface area contributed by atoms with Crippen LogP contribution in [0.4, 0.5) is 51.4 Å². The molecule has 0 N–H and O–H groups in total. The number of benzene rings is 8. The summed E-state index contributed by atoms with van der Waals surface area (Å²) in [7, 11) is 0. The van der Waals surface area contributed by atoms with Crippen molar-refractivity contribution in [2.75, 3.05) is 14.7 Å². The lowest BCUT2D eigenvalue weighted by Crippen LogP contribution is -2.61. The van der Waals surface area contributed by atoms with E-state index >= 15 is 0 Å². The molecule has 0 radical (unpaired) electrons. The van der Waals surface area contributed by atoms with E-state index in [0.29, 0.717) is 0 Å². The van der Waals surface area contributed by atoms with Crippen molar-refractivity contribution in [2.24, 2.45) is 0 Å². The van der Waals surface area contributed by atoms with Crippen LogP contribution in [0.2, 0.25) is 0 Å². The molecule has 5 heterocycles. The minimum absolute atomic E-state index is 0.0609. The molecule has 0 saturated heterocycles. The largest absolute Gasteiger partial charge is 0.456 e. The lowest BCUT2D eigenvalue weighted by Gasteiger charge is -2.44. The second-order valence-electron chi connectivity index (χ2n) is 16.0. The highest BCUT2D eigenvalue weighted by Gasteiger charge is 2.44. The van der Waals surface area contributed by atoms with Gasteiger partial charge in [-0.1, -0.05) is 109 Å². The van der Waals surface area contributed by atoms with E-state index in [9.17, 15) is 0 Å². The van der Waals surface area contributed by atoms with Crippen molar-refractivity contribution >= 4 is 118 Å². The van der Waals surface area contributed by atoms with E-state index in [1.54, 1.807) is 0 Å². The van der Waals surface area contributed by atoms with Gasteiger partial charge < -0.3 is 13.7 Å². The second-order valence-corrected chi connectivity index (χ2v) is 16.0. The minimum atomic E-state index is -0.0609. The first-order valence-corrected chi connectivity index (χ1v) is 20.7. The zero-order valence-electron chi connectivity index (χ0n) is 33.2. The number of hydrogen-bond acceptors (Lipinski definition) is 6. The molecule has 0 spiro atoms. The average molecular weight is 783 g/mol. The molecule has 3 aromatic heterocycles. The smallest absolute Gasteiger partial charge is 0.254 e. The summed E-state index contributed by atoms with van der Waals surface area (Å²) < 4.78 is 13.0. The van der Waals surface area contributed by atoms with E-state index in [0.717, 1.165) is 89.4 Å². The van der Waals surface area contributed by atoms with Gasteiger partial charge in [0.15, 0.2) is 0 Å². The van der Waals surface area contributed by atoms with E-state index in [-0.39, 0.29) is 6.71 Å². The highest BCUT2D eigenvalue weighted by atomic mass is 16.3. The fourth-order valence-corrected chi connectivity index (χ4v) is 10.0. The van der Waals surface area contributed by atoms with Crippen LogP contribution in [0.1, 0.15) is 5.56 Å². The van der Waals surface area contributed by atoms with E-state index in [1.807, 2.05) is 24.3 Å². The molecule has 2 aliphatic rings. The zero-order chi connectivity index (χ0) is 40.2. The molecule has 286 valence electrons. The van der Waals surface area contributed by atoms with E-state index in [1.165, 1.54) is 27.9 Å². The first-order valence-electron chi connectivity index (χ1n) is 20.7. The summed E-state index contributed by atoms with van der Waals surface area (Å²) in [5.41, 5.74) is 15.7. The Morgan fingerprint density at radius 3 is 1.62 bits per heavy atom. The Morgan fingerprint density at radius 2 is 0.984 bits per heavy atom. The molecule has 61 heavy (non-hydrogen) atoms. The maximum Gasteiger partial charge on any atom is 0.254 e. The first-order chi connectivity index (χ1) is 30.2. The van der Waals surface area contributed by atoms with Crippen LogP contribution in [0.3, 0.4) is 0 Å². The molecule has 0 atom stereocenters. The van der Waals surface area contributed by atoms with Crippen LogP contribution in [0.15, 0.2) is 203 Å². The van der Waals surface area contributed by atoms with Crippen molar-refractivity contribution < 1.29 is 8.83 Å². The van der Waals surface area contributed by atoms with Gasteiger partial charge in [0.1, 0.15) is 34.0 Å². The Labute approximate surface area is 352 Å². The Balaban J connectivity index is 1.12. The SMILES string of the molecule is Cc1cc2c3c(c1)N(c1ccccc1)c1nc(N(c4cccc5oc6ccccc6c45)c4cccc5oc6ccccc6c45)ccc1B3c1ccccc1N2c1ccccc1. The molecule has 13 rings (SSSR count). The first kappa shape index (κ1) is 33.9. The van der Waals surface area contributed by atoms with Crippen LogP contribution in [0.25, 0.3) is 43.9 Å². The van der Waals surface area contributed by atoms with Gasteiger partial charge >= 0.3 is 0 Å². The molecule has 0 aliphatic carbocycles. The molecule has 7 heteroatoms. The quantitative estimate of drug-likeness (QED) is 0.162. The van der Waals surface area contributed by atoms with Crippen molar-refractivity contribution in [3.05, 3.63) is 200 Å². The third-order valence-electron chi connectivity index (χ3n) is 12.5. The van der Waals surface area contributed by atoms with Crippen molar-refractivity contribution in [1.82, 2.24) is 4.98 Å². The van der Waals surface area contributed by atoms with Crippen molar-refractivity contribution in [3.63, 3.8) is 0 Å². The predicted octanol–water partition coefficient (Wildman–Crippen LogP) is 12.7. The number of furan rings is 2. The van der Waals surface area contributed by atoms with Crippen LogP contribution in [0, 0.1) is 6.92 Å². The Morgan fingerprint density at radius 1 is 0.459 bits per heavy atom. The van der Waals surface area contributed by atoms with Gasteiger partial charge in [-0.15, -0.1) is 0 Å². The highest BCUT2D eigenvalue weighted by molar-refractivity contribution is 7.00. The molecule has 0 bridgehead atoms. The lowest BCUT2D eigenvalue weighted by atomic mass is 9.33. The Hall–Kier alpha value is -8.03. The van der Waals surface area contributed by atoms with Crippen LogP contribution < -0.4 is 31.1 Å². The topological polar surface area (TPSA) is 48.9 Å². The summed E-state index contributed by atoms with van der Waals surface area (Å²) in [6.07, 6.45) is 0. The van der Waals surface area contributed by atoms with Crippen LogP contribution in [-0.2, 0) is 0 Å². The normalized spacial score (nSPS) is 12.9. The summed E-state index contributed by atoms with van der Waals surface area (Å²) in [6, 6.07) is 68.7. The minimum Gasteiger partial charge on any atom is -0.456 e. The van der Waals surface area contributed by atoms with Gasteiger partial charge in [-0.2, -0.15) is 0 Å². The number of anilines is 9. The number of aryl methyl sites for hydroxylation is 1. The molecule has 0 amide bonds. The van der Waals surface area contributed by atoms with Gasteiger partial charge in [0, 0.05) is 39.2 Å². The van der Waals surface area contributed by atoms with Gasteiger partial charge in [-0.3, -0.25) is 9.80 Å². The Kier molecular flexibility index (Phi) is 7.22. The van der Waals surface area contributed by atoms with Gasteiger partial charge in [-0.05, 0) is 114 Å². The summed E-state index contributed by atoms with van der Waals surface area (Å²) in [5, 5.41) is 4.14. The number of fused-ring (bicyclic) bond motifs is 10. The van der Waals surface area contributed by atoms with Gasteiger partial charge in [0.2, 0.25) is 0 Å². The number of hydrogen-bond donors (Lipinski definition) is 0. The number of pyridine rings is 1. The van der Waals surface area contributed by atoms with Gasteiger partial charge in [0.25, 0.3) is 6.71 Å². The van der Waals surface area contributed by atoms with Gasteiger partial charge in [0.05, 0.1) is 22.1 Å². The molecule has 6 nitrogen and oxygen atoms in total. The molecular weight excluding hydrogens is 747 g/mol. The van der Waals surface area contributed by atoms with Crippen molar-refractivity contribution in [1.29, 1.82) is 0 Å². The van der Waals surface area contributed by atoms with Gasteiger partial charge in [-0.25, -0.2) is 4.98 Å². The van der Waals surface area contributed by atoms with Crippen LogP contribution in [0.5, 0.6) is 0 Å². The summed E-state index contributed by atoms with van der Waals surface area (Å²) >= 11 is 0. The average Bonchev–Trinajstić information content (AvgIpc) is 3.89. The molecule has 0 unspecified atom stereocenters. The monoisotopic (exact) mass is 782 g/mol. The standard InChI is InChI=1S/C54H35BN4O2/c1-34-32-44-53-45(33-34)58(36-18-6-3-7-19-36)54-40(55(53)39-22-10-11-23-41(39)57(44)35-16-4-2-5-17-35)30-31-50(56-54)59(42-24-14-28-48-51(42)37-20-8-12-26-46(37)60-48)43-25-15-29-49-52(43)38-21-9-13-27-47(38)61-49/h2-33H,1H3. The highest BCUT2D eigenvalue weighted by Crippen LogP contribution is 2.49. The molecule has 11 aromatic rings. The van der Waals surface area contributed by atoms with Crippen LogP contribution >= 0.6 is 0 Å². The van der Waals surface area contributed by atoms with E-state index in [2.05, 4.69) is 191 Å². The zero-order valence-corrected chi connectivity index (χ0v) is 33.2. The van der Waals surface area contributed by atoms with E-state index in [4.69, 9.17) is 13.8 Å². The maximum absolute atomic E-state index is 6.52. The summed E-state index contributed by atoms with van der Waals surface area (Å²) in [5.74, 6) is 1.67. The molecule has 0 saturated carbocycles. The summed E-state index contributed by atoms with van der Waals surface area (Å²) in [6.45, 7) is 2.14. The Bertz CT molecular complexity index is 3430. The fraction of sp³-hybridized carbons (Fsp3) is 0.0185. The van der Waals surface area contributed by atoms with E-state index < -0.39 is 0 Å². The summed E-state index contributed by atoms with van der Waals surface area (Å²) in [4.78, 5) is 13.0. The van der Waals surface area contributed by atoms with Crippen molar-refractivity contribution in [3.8, 4) is 0 Å².